The average Bonchev–Trinajstić information content (AvgIpc) is 2.62. The summed E-state index contributed by atoms with van der Waals surface area (Å²) in [6, 6.07) is 9.85. The molecule has 0 fully saturated rings. The van der Waals surface area contributed by atoms with E-state index in [0.717, 1.165) is 47.6 Å². The second-order valence-electron chi connectivity index (χ2n) is 6.32. The Morgan fingerprint density at radius 3 is 3.04 bits per heavy atom. The fraction of sp³-hybridized carbons (Fsp3) is 0.400. The van der Waals surface area contributed by atoms with Crippen molar-refractivity contribution in [3.8, 4) is 11.5 Å². The van der Waals surface area contributed by atoms with Crippen molar-refractivity contribution in [1.29, 1.82) is 0 Å². The maximum absolute atomic E-state index is 12.3. The van der Waals surface area contributed by atoms with Gasteiger partial charge in [0.15, 0.2) is 11.5 Å². The number of carbonyl (C=O) groups is 1. The fourth-order valence-electron chi connectivity index (χ4n) is 3.16. The number of rotatable bonds is 6. The Morgan fingerprint density at radius 1 is 1.40 bits per heavy atom. The van der Waals surface area contributed by atoms with E-state index in [9.17, 15) is 4.79 Å². The minimum Gasteiger partial charge on any atom is -0.493 e. The van der Waals surface area contributed by atoms with Gasteiger partial charge in [0.1, 0.15) is 0 Å². The smallest absolute Gasteiger partial charge is 0.220 e. The van der Waals surface area contributed by atoms with Crippen LogP contribution in [0.4, 0.5) is 0 Å². The van der Waals surface area contributed by atoms with Crippen LogP contribution in [0.15, 0.2) is 36.5 Å². The van der Waals surface area contributed by atoms with Gasteiger partial charge in [0.2, 0.25) is 5.91 Å². The molecule has 0 saturated carbocycles. The van der Waals surface area contributed by atoms with Gasteiger partial charge in [0.05, 0.1) is 19.8 Å². The molecule has 5 heteroatoms. The highest BCUT2D eigenvalue weighted by molar-refractivity contribution is 5.76. The summed E-state index contributed by atoms with van der Waals surface area (Å²) >= 11 is 0. The topological polar surface area (TPSA) is 60.5 Å². The predicted molar refractivity (Wildman–Crippen MR) is 95.9 cm³/mol. The zero-order chi connectivity index (χ0) is 17.6. The van der Waals surface area contributed by atoms with Crippen molar-refractivity contribution < 1.29 is 14.3 Å². The second kappa shape index (κ2) is 8.01. The van der Waals surface area contributed by atoms with E-state index in [1.807, 2.05) is 31.2 Å². The van der Waals surface area contributed by atoms with Crippen molar-refractivity contribution in [3.05, 3.63) is 53.3 Å². The van der Waals surface area contributed by atoms with Crippen molar-refractivity contribution in [2.75, 3.05) is 13.7 Å². The third-order valence-corrected chi connectivity index (χ3v) is 4.37. The molecule has 0 aliphatic carbocycles. The van der Waals surface area contributed by atoms with E-state index in [0.29, 0.717) is 13.0 Å². The fourth-order valence-corrected chi connectivity index (χ4v) is 3.16. The number of aryl methyl sites for hydroxylation is 2. The largest absolute Gasteiger partial charge is 0.493 e. The molecule has 2 aromatic rings. The minimum absolute atomic E-state index is 0.0279. The third kappa shape index (κ3) is 4.29. The molecular formula is C20H24N2O3. The molecule has 0 bridgehead atoms. The molecule has 0 radical (unpaired) electrons. The first kappa shape index (κ1) is 17.3. The Hall–Kier alpha value is -2.56. The van der Waals surface area contributed by atoms with Gasteiger partial charge in [0, 0.05) is 30.3 Å². The summed E-state index contributed by atoms with van der Waals surface area (Å²) in [5, 5.41) is 3.14. The van der Waals surface area contributed by atoms with Gasteiger partial charge in [0.25, 0.3) is 0 Å². The van der Waals surface area contributed by atoms with Crippen LogP contribution in [-0.2, 0) is 11.2 Å². The molecule has 0 spiro atoms. The van der Waals surface area contributed by atoms with Gasteiger partial charge >= 0.3 is 0 Å². The molecule has 3 rings (SSSR count). The van der Waals surface area contributed by atoms with Gasteiger partial charge in [-0.1, -0.05) is 12.1 Å². The van der Waals surface area contributed by atoms with Gasteiger partial charge in [-0.25, -0.2) is 0 Å². The number of pyridine rings is 1. The zero-order valence-electron chi connectivity index (χ0n) is 14.7. The van der Waals surface area contributed by atoms with Gasteiger partial charge in [-0.3, -0.25) is 9.78 Å². The molecule has 0 unspecified atom stereocenters. The van der Waals surface area contributed by atoms with Gasteiger partial charge < -0.3 is 14.8 Å². The number of aromatic nitrogens is 1. The normalized spacial score (nSPS) is 15.8. The Morgan fingerprint density at radius 2 is 2.28 bits per heavy atom. The van der Waals surface area contributed by atoms with Gasteiger partial charge in [-0.05, 0) is 43.5 Å². The highest BCUT2D eigenvalue weighted by atomic mass is 16.5. The summed E-state index contributed by atoms with van der Waals surface area (Å²) in [6.45, 7) is 2.59. The van der Waals surface area contributed by atoms with Crippen molar-refractivity contribution in [3.63, 3.8) is 0 Å². The number of hydrogen-bond donors (Lipinski definition) is 1. The summed E-state index contributed by atoms with van der Waals surface area (Å²) in [6.07, 6.45) is 4.64. The van der Waals surface area contributed by atoms with E-state index in [4.69, 9.17) is 9.47 Å². The number of nitrogens with one attached hydrogen (secondary N) is 1. The second-order valence-corrected chi connectivity index (χ2v) is 6.32. The quantitative estimate of drug-likeness (QED) is 0.876. The predicted octanol–water partition coefficient (Wildman–Crippen LogP) is 3.36. The number of ether oxygens (including phenoxy) is 2. The molecule has 1 N–H and O–H groups in total. The molecule has 1 amide bonds. The highest BCUT2D eigenvalue weighted by Gasteiger charge is 2.26. The van der Waals surface area contributed by atoms with Crippen LogP contribution in [-0.4, -0.2) is 24.6 Å². The standard InChI is InChI=1S/C20H24N2O3/c1-14-12-16-17(9-11-25-20(16)18(13-14)24-2)22-19(23)8-5-7-15-6-3-4-10-21-15/h3-4,6,10,12-13,17H,5,7-9,11H2,1-2H3,(H,22,23)/t17-/m1/s1. The average molecular weight is 340 g/mol. The number of amides is 1. The summed E-state index contributed by atoms with van der Waals surface area (Å²) in [5.41, 5.74) is 3.11. The number of methoxy groups -OCH3 is 1. The first-order chi connectivity index (χ1) is 12.2. The molecule has 1 aromatic carbocycles. The molecule has 5 nitrogen and oxygen atoms in total. The molecule has 1 aromatic heterocycles. The maximum atomic E-state index is 12.3. The van der Waals surface area contributed by atoms with Crippen molar-refractivity contribution in [1.82, 2.24) is 10.3 Å². The van der Waals surface area contributed by atoms with E-state index >= 15 is 0 Å². The summed E-state index contributed by atoms with van der Waals surface area (Å²) < 4.78 is 11.2. The van der Waals surface area contributed by atoms with Gasteiger partial charge in [-0.15, -0.1) is 0 Å². The van der Waals surface area contributed by atoms with Crippen LogP contribution >= 0.6 is 0 Å². The Bertz CT molecular complexity index is 731. The van der Waals surface area contributed by atoms with Crippen LogP contribution in [0.1, 0.15) is 42.1 Å². The van der Waals surface area contributed by atoms with Crippen molar-refractivity contribution >= 4 is 5.91 Å². The van der Waals surface area contributed by atoms with Crippen LogP contribution in [0, 0.1) is 6.92 Å². The highest BCUT2D eigenvalue weighted by Crippen LogP contribution is 2.40. The third-order valence-electron chi connectivity index (χ3n) is 4.37. The van der Waals surface area contributed by atoms with Crippen LogP contribution in [0.2, 0.25) is 0 Å². The van der Waals surface area contributed by atoms with Crippen molar-refractivity contribution in [2.45, 2.75) is 38.6 Å². The maximum Gasteiger partial charge on any atom is 0.220 e. The first-order valence-corrected chi connectivity index (χ1v) is 8.68. The zero-order valence-corrected chi connectivity index (χ0v) is 14.7. The lowest BCUT2D eigenvalue weighted by Gasteiger charge is -2.28. The van der Waals surface area contributed by atoms with Crippen LogP contribution in [0.3, 0.4) is 0 Å². The number of fused-ring (bicyclic) bond motifs is 1. The summed E-state index contributed by atoms with van der Waals surface area (Å²) in [4.78, 5) is 16.6. The van der Waals surface area contributed by atoms with Crippen molar-refractivity contribution in [2.24, 2.45) is 0 Å². The Balaban J connectivity index is 1.60. The molecule has 0 saturated heterocycles. The summed E-state index contributed by atoms with van der Waals surface area (Å²) in [7, 11) is 1.64. The number of nitrogens with zero attached hydrogens (tertiary/aromatic N) is 1. The molecule has 2 heterocycles. The molecular weight excluding hydrogens is 316 g/mol. The Kier molecular flexibility index (Phi) is 5.53. The number of hydrogen-bond acceptors (Lipinski definition) is 4. The van der Waals surface area contributed by atoms with E-state index in [1.54, 1.807) is 13.3 Å². The Labute approximate surface area is 148 Å². The SMILES string of the molecule is COc1cc(C)cc2c1OCC[C@H]2NC(=O)CCCc1ccccn1. The molecule has 1 atom stereocenters. The van der Waals surface area contributed by atoms with Gasteiger partial charge in [-0.2, -0.15) is 0 Å². The lowest BCUT2D eigenvalue weighted by molar-refractivity contribution is -0.122. The number of benzene rings is 1. The monoisotopic (exact) mass is 340 g/mol. The van der Waals surface area contributed by atoms with E-state index in [1.165, 1.54) is 0 Å². The van der Waals surface area contributed by atoms with E-state index < -0.39 is 0 Å². The lowest BCUT2D eigenvalue weighted by Crippen LogP contribution is -2.32. The van der Waals surface area contributed by atoms with E-state index in [-0.39, 0.29) is 11.9 Å². The van der Waals surface area contributed by atoms with E-state index in [2.05, 4.69) is 16.4 Å². The molecule has 132 valence electrons. The minimum atomic E-state index is -0.0279. The molecule has 25 heavy (non-hydrogen) atoms. The lowest BCUT2D eigenvalue weighted by atomic mass is 9.97. The summed E-state index contributed by atoms with van der Waals surface area (Å²) in [5.74, 6) is 1.54. The van der Waals surface area contributed by atoms with Crippen LogP contribution in [0.25, 0.3) is 0 Å². The molecule has 1 aliphatic heterocycles. The van der Waals surface area contributed by atoms with Crippen LogP contribution < -0.4 is 14.8 Å². The number of carbonyl (C=O) groups excluding carboxylic acids is 1. The first-order valence-electron chi connectivity index (χ1n) is 8.68. The van der Waals surface area contributed by atoms with Crippen LogP contribution in [0.5, 0.6) is 11.5 Å². The molecule has 1 aliphatic rings.